The number of benzene rings is 3. The highest BCUT2D eigenvalue weighted by Crippen LogP contribution is 2.59. The molecule has 3 aromatic carbocycles. The standard InChI is InChI=1S/C27H30O6.C2HF3O/c1-28-18-9-7-16(8-10-18)24-25(17-11-19(29-2)13-20(12-17)30-3)27(33-6)22-14-21(31-4)15-23(32-5)26(22)24;3-2(4,5)1-6/h7-15,24-25,27H,1-6H3;1H/t24-,25?,27-;/m1./s1. The van der Waals surface area contributed by atoms with E-state index in [0.717, 1.165) is 51.0 Å². The van der Waals surface area contributed by atoms with E-state index in [1.807, 2.05) is 42.5 Å². The van der Waals surface area contributed by atoms with Gasteiger partial charge in [0.2, 0.25) is 6.29 Å². The number of hydrogen-bond donors (Lipinski definition) is 0. The summed E-state index contributed by atoms with van der Waals surface area (Å²) in [5.74, 6) is 3.68. The number of aldehydes is 1. The minimum atomic E-state index is -4.64. The lowest BCUT2D eigenvalue weighted by Gasteiger charge is -2.27. The second kappa shape index (κ2) is 12.8. The Morgan fingerprint density at radius 3 is 1.62 bits per heavy atom. The molecule has 3 atom stereocenters. The first-order chi connectivity index (χ1) is 18.6. The van der Waals surface area contributed by atoms with Crippen molar-refractivity contribution in [3.8, 4) is 28.7 Å². The second-order valence-corrected chi connectivity index (χ2v) is 8.57. The fourth-order valence-corrected chi connectivity index (χ4v) is 4.87. The van der Waals surface area contributed by atoms with Crippen LogP contribution >= 0.6 is 0 Å². The first-order valence-corrected chi connectivity index (χ1v) is 11.8. The van der Waals surface area contributed by atoms with E-state index in [1.165, 1.54) is 0 Å². The third kappa shape index (κ3) is 6.57. The summed E-state index contributed by atoms with van der Waals surface area (Å²) in [5, 5.41) is 0. The molecule has 1 aliphatic carbocycles. The molecule has 0 aliphatic heterocycles. The lowest BCUT2D eigenvalue weighted by atomic mass is 9.80. The monoisotopic (exact) mass is 548 g/mol. The molecule has 7 nitrogen and oxygen atoms in total. The quantitative estimate of drug-likeness (QED) is 0.315. The number of fused-ring (bicyclic) bond motifs is 1. The van der Waals surface area contributed by atoms with Crippen LogP contribution in [-0.4, -0.2) is 55.1 Å². The van der Waals surface area contributed by atoms with Gasteiger partial charge in [-0.15, -0.1) is 0 Å². The van der Waals surface area contributed by atoms with Crippen LogP contribution in [0.2, 0.25) is 0 Å². The molecule has 1 aliphatic rings. The highest BCUT2D eigenvalue weighted by Gasteiger charge is 2.45. The lowest BCUT2D eigenvalue weighted by molar-refractivity contribution is -0.156. The maximum atomic E-state index is 10.4. The zero-order valence-corrected chi connectivity index (χ0v) is 22.5. The second-order valence-electron chi connectivity index (χ2n) is 8.57. The number of carbonyl (C=O) groups is 1. The van der Waals surface area contributed by atoms with Crippen LogP contribution < -0.4 is 23.7 Å². The average Bonchev–Trinajstić information content (AvgIpc) is 3.30. The number of ether oxygens (including phenoxy) is 6. The largest absolute Gasteiger partial charge is 0.497 e. The molecule has 39 heavy (non-hydrogen) atoms. The summed E-state index contributed by atoms with van der Waals surface area (Å²) in [6.45, 7) is 0. The number of methoxy groups -OCH3 is 6. The van der Waals surface area contributed by atoms with E-state index < -0.39 is 12.5 Å². The van der Waals surface area contributed by atoms with E-state index in [-0.39, 0.29) is 17.9 Å². The molecular formula is C29H31F3O7. The maximum absolute atomic E-state index is 10.4. The van der Waals surface area contributed by atoms with Crippen LogP contribution in [0, 0.1) is 0 Å². The van der Waals surface area contributed by atoms with Gasteiger partial charge in [0, 0.05) is 36.6 Å². The Labute approximate surface area is 225 Å². The van der Waals surface area contributed by atoms with Crippen LogP contribution in [-0.2, 0) is 9.53 Å². The van der Waals surface area contributed by atoms with E-state index in [4.69, 9.17) is 33.2 Å². The number of hydrogen-bond acceptors (Lipinski definition) is 7. The van der Waals surface area contributed by atoms with Crippen molar-refractivity contribution in [2.24, 2.45) is 0 Å². The van der Waals surface area contributed by atoms with Crippen molar-refractivity contribution in [1.29, 1.82) is 0 Å². The molecule has 0 aromatic heterocycles. The van der Waals surface area contributed by atoms with Gasteiger partial charge in [-0.1, -0.05) is 12.1 Å². The van der Waals surface area contributed by atoms with Gasteiger partial charge in [0.15, 0.2) is 0 Å². The smallest absolute Gasteiger partial charge is 0.446 e. The molecule has 0 N–H and O–H groups in total. The number of alkyl halides is 3. The molecule has 0 saturated heterocycles. The summed E-state index contributed by atoms with van der Waals surface area (Å²) < 4.78 is 65.3. The highest BCUT2D eigenvalue weighted by atomic mass is 19.4. The molecule has 0 radical (unpaired) electrons. The normalized spacial score (nSPS) is 17.8. The van der Waals surface area contributed by atoms with Crippen LogP contribution in [0.1, 0.15) is 40.2 Å². The number of halogens is 3. The van der Waals surface area contributed by atoms with E-state index in [1.54, 1.807) is 42.7 Å². The highest BCUT2D eigenvalue weighted by molar-refractivity contribution is 5.60. The average molecular weight is 549 g/mol. The number of carbonyl (C=O) groups excluding carboxylic acids is 1. The molecule has 0 bridgehead atoms. The predicted octanol–water partition coefficient (Wildman–Crippen LogP) is 6.09. The zero-order chi connectivity index (χ0) is 28.7. The Morgan fingerprint density at radius 2 is 1.18 bits per heavy atom. The van der Waals surface area contributed by atoms with Gasteiger partial charge in [-0.3, -0.25) is 4.79 Å². The van der Waals surface area contributed by atoms with Crippen molar-refractivity contribution in [2.45, 2.75) is 24.1 Å². The van der Waals surface area contributed by atoms with Crippen LogP contribution in [0.3, 0.4) is 0 Å². The Bertz CT molecular complexity index is 1240. The van der Waals surface area contributed by atoms with Crippen molar-refractivity contribution in [2.75, 3.05) is 42.7 Å². The van der Waals surface area contributed by atoms with Crippen molar-refractivity contribution >= 4 is 6.29 Å². The van der Waals surface area contributed by atoms with Crippen molar-refractivity contribution in [3.63, 3.8) is 0 Å². The van der Waals surface area contributed by atoms with Gasteiger partial charge in [-0.2, -0.15) is 13.2 Å². The molecule has 4 rings (SSSR count). The van der Waals surface area contributed by atoms with Gasteiger partial charge in [0.1, 0.15) is 28.7 Å². The number of rotatable bonds is 8. The van der Waals surface area contributed by atoms with Gasteiger partial charge >= 0.3 is 6.18 Å². The molecular weight excluding hydrogens is 517 g/mol. The van der Waals surface area contributed by atoms with Crippen LogP contribution in [0.5, 0.6) is 28.7 Å². The Hall–Kier alpha value is -3.92. The molecule has 0 fully saturated rings. The van der Waals surface area contributed by atoms with Gasteiger partial charge in [-0.25, -0.2) is 0 Å². The maximum Gasteiger partial charge on any atom is 0.446 e. The molecule has 0 spiro atoms. The summed E-state index contributed by atoms with van der Waals surface area (Å²) >= 11 is 0. The molecule has 0 heterocycles. The molecule has 10 heteroatoms. The van der Waals surface area contributed by atoms with Gasteiger partial charge in [0.25, 0.3) is 0 Å². The van der Waals surface area contributed by atoms with E-state index in [2.05, 4.69) is 12.1 Å². The summed E-state index contributed by atoms with van der Waals surface area (Å²) in [6.07, 6.45) is -5.93. The fourth-order valence-electron chi connectivity index (χ4n) is 4.87. The minimum Gasteiger partial charge on any atom is -0.497 e. The Morgan fingerprint density at radius 1 is 0.667 bits per heavy atom. The van der Waals surface area contributed by atoms with Crippen molar-refractivity contribution in [3.05, 3.63) is 76.9 Å². The summed E-state index contributed by atoms with van der Waals surface area (Å²) in [7, 11) is 10.1. The molecule has 3 aromatic rings. The van der Waals surface area contributed by atoms with E-state index in [0.29, 0.717) is 0 Å². The SMILES string of the molecule is COc1ccc([C@H]2c3c(OC)cc(OC)cc3[C@@H](OC)C2c2cc(OC)cc(OC)c2)cc1.O=CC(F)(F)F. The minimum absolute atomic E-state index is 0.0338. The third-order valence-electron chi connectivity index (χ3n) is 6.53. The fraction of sp³-hybridized carbons (Fsp3) is 0.345. The molecule has 210 valence electrons. The van der Waals surface area contributed by atoms with E-state index >= 15 is 0 Å². The van der Waals surface area contributed by atoms with Crippen molar-refractivity contribution < 1.29 is 46.4 Å². The summed E-state index contributed by atoms with van der Waals surface area (Å²) in [4.78, 5) is 8.70. The van der Waals surface area contributed by atoms with Crippen LogP contribution in [0.4, 0.5) is 13.2 Å². The Kier molecular flexibility index (Phi) is 9.69. The molecule has 1 unspecified atom stereocenters. The molecule has 0 amide bonds. The Balaban J connectivity index is 0.000000631. The molecule has 0 saturated carbocycles. The zero-order valence-electron chi connectivity index (χ0n) is 22.5. The predicted molar refractivity (Wildman–Crippen MR) is 139 cm³/mol. The van der Waals surface area contributed by atoms with Gasteiger partial charge < -0.3 is 28.4 Å². The topological polar surface area (TPSA) is 72.5 Å². The van der Waals surface area contributed by atoms with Gasteiger partial charge in [0.05, 0.1) is 41.7 Å². The van der Waals surface area contributed by atoms with E-state index in [9.17, 15) is 13.2 Å². The summed E-state index contributed by atoms with van der Waals surface area (Å²) in [5.41, 5.74) is 4.31. The van der Waals surface area contributed by atoms with Crippen LogP contribution in [0.25, 0.3) is 0 Å². The lowest BCUT2D eigenvalue weighted by Crippen LogP contribution is -2.14. The first-order valence-electron chi connectivity index (χ1n) is 11.8. The van der Waals surface area contributed by atoms with Gasteiger partial charge in [-0.05, 0) is 47.0 Å². The first kappa shape index (κ1) is 29.6. The summed E-state index contributed by atoms with van der Waals surface area (Å²) in [6, 6.07) is 18.1. The third-order valence-corrected chi connectivity index (χ3v) is 6.53. The van der Waals surface area contributed by atoms with Crippen molar-refractivity contribution in [1.82, 2.24) is 0 Å². The van der Waals surface area contributed by atoms with Crippen LogP contribution in [0.15, 0.2) is 54.6 Å².